The first-order valence-corrected chi connectivity index (χ1v) is 13.4. The van der Waals surface area contributed by atoms with E-state index in [4.69, 9.17) is 16.0 Å². The molecule has 1 saturated heterocycles. The largest absolute Gasteiger partial charge is 0.478 e. The van der Waals surface area contributed by atoms with E-state index < -0.39 is 28.7 Å². The maximum Gasteiger partial charge on any atom is 0.338 e. The molecule has 0 aliphatic carbocycles. The van der Waals surface area contributed by atoms with Crippen LogP contribution in [-0.2, 0) is 5.41 Å². The van der Waals surface area contributed by atoms with Gasteiger partial charge in [-0.2, -0.15) is 0 Å². The smallest absolute Gasteiger partial charge is 0.338 e. The first-order valence-electron chi connectivity index (χ1n) is 13.0. The number of carboxylic acid groups (broad SMARTS) is 1. The second-order valence-corrected chi connectivity index (χ2v) is 12.2. The molecular weight excluding hydrogens is 554 g/mol. The van der Waals surface area contributed by atoms with Crippen LogP contribution in [0.3, 0.4) is 0 Å². The number of aromatic carboxylic acids is 1. The van der Waals surface area contributed by atoms with Gasteiger partial charge in [-0.15, -0.1) is 0 Å². The van der Waals surface area contributed by atoms with Gasteiger partial charge in [0.2, 0.25) is 0 Å². The van der Waals surface area contributed by atoms with Gasteiger partial charge in [-0.3, -0.25) is 4.79 Å². The van der Waals surface area contributed by atoms with E-state index in [-0.39, 0.29) is 22.1 Å². The van der Waals surface area contributed by atoms with Gasteiger partial charge in [0.05, 0.1) is 22.5 Å². The van der Waals surface area contributed by atoms with Crippen molar-refractivity contribution < 1.29 is 27.9 Å². The number of pyridine rings is 2. The zero-order chi connectivity index (χ0) is 29.9. The Balaban J connectivity index is 1.47. The number of hydrogen-bond acceptors (Lipinski definition) is 6. The molecule has 5 rings (SSSR count). The third-order valence-electron chi connectivity index (χ3n) is 7.26. The number of benzene rings is 1. The second kappa shape index (κ2) is 10.1. The number of aromatic nitrogens is 2. The number of anilines is 1. The number of furan rings is 1. The van der Waals surface area contributed by atoms with Crippen LogP contribution in [0.2, 0.25) is 5.02 Å². The Morgan fingerprint density at radius 3 is 2.44 bits per heavy atom. The molecule has 0 unspecified atom stereocenters. The van der Waals surface area contributed by atoms with Crippen molar-refractivity contribution in [1.82, 2.24) is 14.9 Å². The summed E-state index contributed by atoms with van der Waals surface area (Å²) in [6, 6.07) is 9.14. The topological polar surface area (TPSA) is 99.8 Å². The van der Waals surface area contributed by atoms with E-state index in [0.717, 1.165) is 11.8 Å². The Labute approximate surface area is 240 Å². The van der Waals surface area contributed by atoms with Crippen molar-refractivity contribution in [3.8, 4) is 11.3 Å². The molecule has 4 heterocycles. The Morgan fingerprint density at radius 1 is 1.07 bits per heavy atom. The van der Waals surface area contributed by atoms with E-state index in [9.17, 15) is 23.5 Å². The summed E-state index contributed by atoms with van der Waals surface area (Å²) in [7, 11) is 0. The zero-order valence-electron chi connectivity index (χ0n) is 23.3. The maximum atomic E-state index is 14.2. The molecule has 0 bridgehead atoms. The molecule has 3 aromatic heterocycles. The predicted molar refractivity (Wildman–Crippen MR) is 152 cm³/mol. The third kappa shape index (κ3) is 5.36. The van der Waals surface area contributed by atoms with E-state index >= 15 is 0 Å². The quantitative estimate of drug-likeness (QED) is 0.291. The number of hydrogen-bond donors (Lipinski definition) is 1. The van der Waals surface area contributed by atoms with E-state index in [1.165, 1.54) is 18.2 Å². The molecule has 0 atom stereocenters. The first kappa shape index (κ1) is 28.5. The van der Waals surface area contributed by atoms with Gasteiger partial charge in [-0.1, -0.05) is 38.4 Å². The minimum absolute atomic E-state index is 0.0160. The first-order chi connectivity index (χ1) is 19.2. The van der Waals surface area contributed by atoms with Gasteiger partial charge in [0.1, 0.15) is 22.7 Å². The molecule has 11 heteroatoms. The molecule has 1 fully saturated rings. The number of carbonyl (C=O) groups excluding carboxylic acids is 1. The normalized spacial score (nSPS) is 15.4. The van der Waals surface area contributed by atoms with Crippen molar-refractivity contribution in [1.29, 1.82) is 0 Å². The van der Waals surface area contributed by atoms with Crippen molar-refractivity contribution in [2.45, 2.75) is 45.6 Å². The SMILES string of the molecule is CC(C)(C)c1cc(-c2ccc(Cl)c(F)c2)nc2cc(C(=O)N3CCN(c4cc(C(=O)O)c(F)cn4)CC3(C)C)oc12. The summed E-state index contributed by atoms with van der Waals surface area (Å²) < 4.78 is 34.3. The number of carbonyl (C=O) groups is 2. The predicted octanol–water partition coefficient (Wildman–Crippen LogP) is 6.56. The van der Waals surface area contributed by atoms with Crippen LogP contribution < -0.4 is 4.90 Å². The van der Waals surface area contributed by atoms with Crippen LogP contribution in [0.5, 0.6) is 0 Å². The summed E-state index contributed by atoms with van der Waals surface area (Å²) in [6.45, 7) is 10.8. The lowest BCUT2D eigenvalue weighted by Crippen LogP contribution is -2.61. The van der Waals surface area contributed by atoms with Crippen molar-refractivity contribution in [2.24, 2.45) is 0 Å². The third-order valence-corrected chi connectivity index (χ3v) is 7.56. The van der Waals surface area contributed by atoms with Crippen LogP contribution in [-0.4, -0.2) is 57.0 Å². The zero-order valence-corrected chi connectivity index (χ0v) is 24.0. The number of amides is 1. The Morgan fingerprint density at radius 2 is 1.80 bits per heavy atom. The Bertz CT molecular complexity index is 1700. The van der Waals surface area contributed by atoms with Crippen LogP contribution in [0.4, 0.5) is 14.6 Å². The number of carboxylic acids is 1. The second-order valence-electron chi connectivity index (χ2n) is 11.8. The molecule has 1 aromatic carbocycles. The van der Waals surface area contributed by atoms with Gasteiger partial charge < -0.3 is 19.3 Å². The van der Waals surface area contributed by atoms with Gasteiger partial charge in [0.25, 0.3) is 5.91 Å². The number of piperazine rings is 1. The fraction of sp³-hybridized carbons (Fsp3) is 0.333. The highest BCUT2D eigenvalue weighted by atomic mass is 35.5. The van der Waals surface area contributed by atoms with E-state index in [1.807, 2.05) is 45.6 Å². The molecule has 8 nitrogen and oxygen atoms in total. The minimum Gasteiger partial charge on any atom is -0.478 e. The highest BCUT2D eigenvalue weighted by Gasteiger charge is 2.39. The summed E-state index contributed by atoms with van der Waals surface area (Å²) in [6.07, 6.45) is 0.893. The summed E-state index contributed by atoms with van der Waals surface area (Å²) >= 11 is 5.87. The number of nitrogens with zero attached hydrogens (tertiary/aromatic N) is 4. The monoisotopic (exact) mass is 582 g/mol. The molecule has 0 spiro atoms. The molecule has 214 valence electrons. The average Bonchev–Trinajstić information content (AvgIpc) is 3.32. The van der Waals surface area contributed by atoms with Gasteiger partial charge in [0.15, 0.2) is 17.2 Å². The standard InChI is InChI=1S/C30H29ClF2N4O4/c1-29(2,3)18-12-22(16-6-7-19(31)20(32)10-16)35-23-13-24(41-26(18)23)27(38)37-9-8-36(15-30(37,4)5)25-11-17(28(39)40)21(33)14-34-25/h6-7,10-14H,8-9,15H2,1-5H3,(H,39,40). The molecule has 41 heavy (non-hydrogen) atoms. The molecule has 0 radical (unpaired) electrons. The average molecular weight is 583 g/mol. The lowest BCUT2D eigenvalue weighted by Gasteiger charge is -2.47. The van der Waals surface area contributed by atoms with Gasteiger partial charge in [-0.05, 0) is 43.5 Å². The van der Waals surface area contributed by atoms with Crippen LogP contribution in [0.25, 0.3) is 22.4 Å². The van der Waals surface area contributed by atoms with Crippen LogP contribution >= 0.6 is 11.6 Å². The van der Waals surface area contributed by atoms with Gasteiger partial charge >= 0.3 is 5.97 Å². The fourth-order valence-corrected chi connectivity index (χ4v) is 5.23. The minimum atomic E-state index is -1.38. The molecule has 1 aliphatic heterocycles. The van der Waals surface area contributed by atoms with Crippen molar-refractivity contribution >= 4 is 40.4 Å². The van der Waals surface area contributed by atoms with Crippen molar-refractivity contribution in [3.05, 3.63) is 76.1 Å². The van der Waals surface area contributed by atoms with Crippen LogP contribution in [0.1, 0.15) is 61.1 Å². The lowest BCUT2D eigenvalue weighted by molar-refractivity contribution is 0.0483. The molecule has 1 aliphatic rings. The van der Waals surface area contributed by atoms with Gasteiger partial charge in [0, 0.05) is 36.8 Å². The van der Waals surface area contributed by atoms with E-state index in [0.29, 0.717) is 47.8 Å². The van der Waals surface area contributed by atoms with E-state index in [1.54, 1.807) is 17.0 Å². The van der Waals surface area contributed by atoms with Crippen LogP contribution in [0.15, 0.2) is 47.0 Å². The molecule has 1 N–H and O–H groups in total. The maximum absolute atomic E-state index is 14.2. The molecule has 0 saturated carbocycles. The highest BCUT2D eigenvalue weighted by molar-refractivity contribution is 6.30. The van der Waals surface area contributed by atoms with Crippen molar-refractivity contribution in [2.75, 3.05) is 24.5 Å². The Hall–Kier alpha value is -4.05. The molecular formula is C30H29ClF2N4O4. The van der Waals surface area contributed by atoms with Crippen molar-refractivity contribution in [3.63, 3.8) is 0 Å². The van der Waals surface area contributed by atoms with Gasteiger partial charge in [-0.25, -0.2) is 23.5 Å². The number of fused-ring (bicyclic) bond motifs is 1. The lowest BCUT2D eigenvalue weighted by atomic mass is 9.86. The van der Waals surface area contributed by atoms with E-state index in [2.05, 4.69) is 9.97 Å². The molecule has 4 aromatic rings. The fourth-order valence-electron chi connectivity index (χ4n) is 5.11. The number of rotatable bonds is 4. The van der Waals surface area contributed by atoms with Crippen LogP contribution in [0, 0.1) is 11.6 Å². The highest BCUT2D eigenvalue weighted by Crippen LogP contribution is 2.36. The Kier molecular flexibility index (Phi) is 7.01. The summed E-state index contributed by atoms with van der Waals surface area (Å²) in [5.74, 6) is -2.74. The summed E-state index contributed by atoms with van der Waals surface area (Å²) in [5, 5.41) is 9.31. The molecule has 1 amide bonds. The number of halogens is 3. The summed E-state index contributed by atoms with van der Waals surface area (Å²) in [5.41, 5.74) is 1.29. The summed E-state index contributed by atoms with van der Waals surface area (Å²) in [4.78, 5) is 37.5.